The van der Waals surface area contributed by atoms with Crippen LogP contribution in [0.3, 0.4) is 0 Å². The number of benzene rings is 1. The first kappa shape index (κ1) is 21.6. The van der Waals surface area contributed by atoms with E-state index in [4.69, 9.17) is 0 Å². The zero-order valence-corrected chi connectivity index (χ0v) is 12.5. The van der Waals surface area contributed by atoms with Crippen LogP contribution in [0.15, 0.2) is 18.2 Å². The number of hydrogen-bond donors (Lipinski definition) is 0. The molecule has 0 saturated carbocycles. The van der Waals surface area contributed by atoms with Crippen LogP contribution in [0.1, 0.15) is 57.5 Å². The lowest BCUT2D eigenvalue weighted by Crippen LogP contribution is -1.92. The van der Waals surface area contributed by atoms with Crippen LogP contribution in [-0.2, 0) is 0 Å². The molecule has 18 heavy (non-hydrogen) atoms. The van der Waals surface area contributed by atoms with E-state index in [0.29, 0.717) is 17.4 Å². The lowest BCUT2D eigenvalue weighted by atomic mass is 10.1. The number of carbonyl (C=O) groups is 1. The minimum atomic E-state index is -0.498. The van der Waals surface area contributed by atoms with E-state index in [0.717, 1.165) is 0 Å². The van der Waals surface area contributed by atoms with E-state index in [1.807, 2.05) is 41.5 Å². The fourth-order valence-corrected chi connectivity index (χ4v) is 0.896. The van der Waals surface area contributed by atoms with Gasteiger partial charge < -0.3 is 0 Å². The van der Waals surface area contributed by atoms with Crippen LogP contribution in [0.25, 0.3) is 0 Å². The number of nitro groups is 1. The maximum absolute atomic E-state index is 10.4. The van der Waals surface area contributed by atoms with Gasteiger partial charge in [-0.3, -0.25) is 14.9 Å². The highest BCUT2D eigenvalue weighted by molar-refractivity contribution is 5.76. The van der Waals surface area contributed by atoms with Crippen LogP contribution < -0.4 is 0 Å². The smallest absolute Gasteiger partial charge is 0.273 e. The van der Waals surface area contributed by atoms with Crippen LogP contribution in [0, 0.1) is 17.0 Å². The summed E-state index contributed by atoms with van der Waals surface area (Å²) in [5.74, 6) is 0. The highest BCUT2D eigenvalue weighted by Gasteiger charge is 2.09. The monoisotopic (exact) mass is 255 g/mol. The normalized spacial score (nSPS) is 7.28. The van der Waals surface area contributed by atoms with E-state index >= 15 is 0 Å². The molecule has 4 nitrogen and oxygen atoms in total. The fraction of sp³-hybridized carbons (Fsp3) is 0.500. The molecule has 1 rings (SSSR count). The number of nitro benzene ring substituents is 1. The largest absolute Gasteiger partial charge is 0.298 e. The Hall–Kier alpha value is -1.71. The molecule has 0 atom stereocenters. The van der Waals surface area contributed by atoms with Gasteiger partial charge in [0.1, 0.15) is 6.29 Å². The van der Waals surface area contributed by atoms with Crippen LogP contribution in [0.5, 0.6) is 0 Å². The minimum Gasteiger partial charge on any atom is -0.298 e. The fourth-order valence-electron chi connectivity index (χ4n) is 0.896. The Morgan fingerprint density at radius 1 is 1.06 bits per heavy atom. The summed E-state index contributed by atoms with van der Waals surface area (Å²) < 4.78 is 0. The van der Waals surface area contributed by atoms with Crippen LogP contribution >= 0.6 is 0 Å². The van der Waals surface area contributed by atoms with Crippen molar-refractivity contribution in [2.75, 3.05) is 0 Å². The van der Waals surface area contributed by atoms with Gasteiger partial charge >= 0.3 is 0 Å². The molecule has 0 amide bonds. The highest BCUT2D eigenvalue weighted by atomic mass is 16.6. The van der Waals surface area contributed by atoms with E-state index in [1.54, 1.807) is 19.1 Å². The Labute approximate surface area is 110 Å². The zero-order valence-electron chi connectivity index (χ0n) is 12.5. The summed E-state index contributed by atoms with van der Waals surface area (Å²) in [4.78, 5) is 20.2. The standard InChI is InChI=1S/C8H7NO3.3C2H6/c1-6-2-3-7(5-10)4-8(6)9(11)12;3*1-2/h2-5H,1H3;3*1-2H3. The van der Waals surface area contributed by atoms with Gasteiger partial charge in [0, 0.05) is 17.2 Å². The third-order valence-electron chi connectivity index (χ3n) is 1.57. The third kappa shape index (κ3) is 8.44. The Kier molecular flexibility index (Phi) is 18.3. The van der Waals surface area contributed by atoms with Gasteiger partial charge in [0.25, 0.3) is 5.69 Å². The van der Waals surface area contributed by atoms with Crippen molar-refractivity contribution in [3.63, 3.8) is 0 Å². The number of aryl methyl sites for hydroxylation is 1. The average Bonchev–Trinajstić information content (AvgIpc) is 2.45. The van der Waals surface area contributed by atoms with E-state index < -0.39 is 4.92 Å². The van der Waals surface area contributed by atoms with Crippen molar-refractivity contribution in [3.05, 3.63) is 39.4 Å². The van der Waals surface area contributed by atoms with E-state index in [9.17, 15) is 14.9 Å². The molecule has 4 heteroatoms. The molecule has 0 bridgehead atoms. The van der Waals surface area contributed by atoms with E-state index in [-0.39, 0.29) is 5.69 Å². The SMILES string of the molecule is CC.CC.CC.Cc1ccc(C=O)cc1[N+](=O)[O-]. The van der Waals surface area contributed by atoms with Gasteiger partial charge in [-0.1, -0.05) is 53.7 Å². The molecule has 0 aliphatic carbocycles. The van der Waals surface area contributed by atoms with Gasteiger partial charge in [0.05, 0.1) is 4.92 Å². The number of nitrogens with zero attached hydrogens (tertiary/aromatic N) is 1. The molecule has 1 aromatic carbocycles. The summed E-state index contributed by atoms with van der Waals surface area (Å²) in [6, 6.07) is 4.37. The summed E-state index contributed by atoms with van der Waals surface area (Å²) in [6.07, 6.45) is 0.590. The summed E-state index contributed by atoms with van der Waals surface area (Å²) in [5, 5.41) is 10.4. The maximum Gasteiger partial charge on any atom is 0.273 e. The first-order valence-corrected chi connectivity index (χ1v) is 6.35. The molecule has 0 aliphatic heterocycles. The molecule has 0 fully saturated rings. The minimum absolute atomic E-state index is 0.0143. The molecular weight excluding hydrogens is 230 g/mol. The number of rotatable bonds is 2. The van der Waals surface area contributed by atoms with Crippen molar-refractivity contribution >= 4 is 12.0 Å². The van der Waals surface area contributed by atoms with Crippen LogP contribution in [0.2, 0.25) is 0 Å². The van der Waals surface area contributed by atoms with Gasteiger partial charge in [0.2, 0.25) is 0 Å². The molecule has 0 saturated heterocycles. The molecule has 0 spiro atoms. The summed E-state index contributed by atoms with van der Waals surface area (Å²) in [7, 11) is 0. The highest BCUT2D eigenvalue weighted by Crippen LogP contribution is 2.17. The number of carbonyl (C=O) groups excluding carboxylic acids is 1. The van der Waals surface area contributed by atoms with Gasteiger partial charge in [-0.05, 0) is 6.92 Å². The molecule has 104 valence electrons. The maximum atomic E-state index is 10.4. The van der Waals surface area contributed by atoms with Gasteiger partial charge in [-0.25, -0.2) is 0 Å². The number of aldehydes is 1. The number of hydrogen-bond acceptors (Lipinski definition) is 3. The average molecular weight is 255 g/mol. The summed E-state index contributed by atoms with van der Waals surface area (Å²) in [6.45, 7) is 13.6. The second-order valence-corrected chi connectivity index (χ2v) is 2.42. The Morgan fingerprint density at radius 3 is 1.83 bits per heavy atom. The third-order valence-corrected chi connectivity index (χ3v) is 1.57. The van der Waals surface area contributed by atoms with Gasteiger partial charge in [-0.2, -0.15) is 0 Å². The molecule has 0 unspecified atom stereocenters. The molecular formula is C14H25NO3. The molecule has 0 heterocycles. The molecule has 1 aromatic rings. The van der Waals surface area contributed by atoms with Crippen molar-refractivity contribution in [3.8, 4) is 0 Å². The summed E-state index contributed by atoms with van der Waals surface area (Å²) in [5.41, 5.74) is 0.873. The zero-order chi connectivity index (χ0) is 15.1. The Bertz CT molecular complexity index is 336. The first-order valence-electron chi connectivity index (χ1n) is 6.35. The predicted molar refractivity (Wildman–Crippen MR) is 77.3 cm³/mol. The van der Waals surface area contributed by atoms with Crippen molar-refractivity contribution in [1.82, 2.24) is 0 Å². The lowest BCUT2D eigenvalue weighted by molar-refractivity contribution is -0.385. The van der Waals surface area contributed by atoms with Crippen LogP contribution in [-0.4, -0.2) is 11.2 Å². The van der Waals surface area contributed by atoms with Crippen molar-refractivity contribution in [2.45, 2.75) is 48.5 Å². The van der Waals surface area contributed by atoms with Gasteiger partial charge in [0.15, 0.2) is 0 Å². The second kappa shape index (κ2) is 15.3. The molecule has 0 aliphatic rings. The Balaban J connectivity index is -0.000000328. The predicted octanol–water partition coefficient (Wildman–Crippen LogP) is 4.79. The summed E-state index contributed by atoms with van der Waals surface area (Å²) >= 11 is 0. The second-order valence-electron chi connectivity index (χ2n) is 2.42. The lowest BCUT2D eigenvalue weighted by Gasteiger charge is -1.96. The Morgan fingerprint density at radius 2 is 1.50 bits per heavy atom. The first-order chi connectivity index (χ1) is 8.65. The van der Waals surface area contributed by atoms with Crippen molar-refractivity contribution in [1.29, 1.82) is 0 Å². The van der Waals surface area contributed by atoms with E-state index in [2.05, 4.69) is 0 Å². The van der Waals surface area contributed by atoms with Crippen molar-refractivity contribution < 1.29 is 9.72 Å². The molecule has 0 radical (unpaired) electrons. The van der Waals surface area contributed by atoms with Gasteiger partial charge in [-0.15, -0.1) is 0 Å². The van der Waals surface area contributed by atoms with Crippen LogP contribution in [0.4, 0.5) is 5.69 Å². The topological polar surface area (TPSA) is 60.2 Å². The van der Waals surface area contributed by atoms with E-state index in [1.165, 1.54) is 6.07 Å². The quantitative estimate of drug-likeness (QED) is 0.433. The molecule has 0 aromatic heterocycles. The van der Waals surface area contributed by atoms with Crippen molar-refractivity contribution in [2.24, 2.45) is 0 Å². The molecule has 0 N–H and O–H groups in total.